The molecule has 1 aliphatic carbocycles. The van der Waals surface area contributed by atoms with Gasteiger partial charge in [0.15, 0.2) is 5.82 Å². The second-order valence-corrected chi connectivity index (χ2v) is 13.5. The second kappa shape index (κ2) is 12.0. The normalized spacial score (nSPS) is 20.4. The van der Waals surface area contributed by atoms with Gasteiger partial charge in [-0.2, -0.15) is 15.2 Å². The van der Waals surface area contributed by atoms with Gasteiger partial charge in [0.2, 0.25) is 0 Å². The van der Waals surface area contributed by atoms with Crippen LogP contribution in [0.1, 0.15) is 44.7 Å². The Kier molecular flexibility index (Phi) is 8.04. The summed E-state index contributed by atoms with van der Waals surface area (Å²) in [5.74, 6) is -1.02. The van der Waals surface area contributed by atoms with E-state index in [1.807, 2.05) is 14.0 Å². The van der Waals surface area contributed by atoms with E-state index < -0.39 is 17.2 Å². The number of likely N-dealkylation sites (N-methyl/N-ethyl adjacent to an activating group) is 1. The molecular weight excluding hydrogens is 614 g/mol. The van der Waals surface area contributed by atoms with Crippen LogP contribution in [0, 0.1) is 23.0 Å². The molecule has 3 fully saturated rings. The molecular formula is C32H36F2N8O3S. The molecule has 2 saturated heterocycles. The first-order chi connectivity index (χ1) is 22.2. The van der Waals surface area contributed by atoms with Crippen molar-refractivity contribution in [1.82, 2.24) is 24.8 Å². The van der Waals surface area contributed by atoms with Crippen molar-refractivity contribution in [1.29, 1.82) is 5.26 Å². The minimum atomic E-state index is -0.760. The van der Waals surface area contributed by atoms with Crippen LogP contribution in [0.5, 0.6) is 6.01 Å². The lowest BCUT2D eigenvalue weighted by atomic mass is 10.0. The summed E-state index contributed by atoms with van der Waals surface area (Å²) in [5.41, 5.74) is 5.72. The summed E-state index contributed by atoms with van der Waals surface area (Å²) >= 11 is 0.927. The SMILES string of the molecule is CCCN(C)CC(C)Oc1nc(N2C3CNCC2COC3)c2c(=O)n(C3CC3)c(-c3ccc(F)c4sc(N)c(C#N)c34)c(F)c2n1. The van der Waals surface area contributed by atoms with Gasteiger partial charge in [0, 0.05) is 36.6 Å². The van der Waals surface area contributed by atoms with Gasteiger partial charge < -0.3 is 34.9 Å². The molecule has 3 atom stereocenters. The van der Waals surface area contributed by atoms with Gasteiger partial charge in [0.1, 0.15) is 39.7 Å². The van der Waals surface area contributed by atoms with Crippen LogP contribution in [0.25, 0.3) is 32.2 Å². The van der Waals surface area contributed by atoms with E-state index in [-0.39, 0.29) is 73.1 Å². The third kappa shape index (κ3) is 5.15. The number of morpholine rings is 1. The van der Waals surface area contributed by atoms with Gasteiger partial charge in [-0.05, 0) is 51.9 Å². The van der Waals surface area contributed by atoms with Gasteiger partial charge in [0.25, 0.3) is 5.56 Å². The van der Waals surface area contributed by atoms with Gasteiger partial charge >= 0.3 is 6.01 Å². The van der Waals surface area contributed by atoms with Crippen molar-refractivity contribution in [2.75, 3.05) is 57.1 Å². The molecule has 1 saturated carbocycles. The van der Waals surface area contributed by atoms with Gasteiger partial charge in [-0.1, -0.05) is 6.92 Å². The minimum absolute atomic E-state index is 0.0346. The lowest BCUT2D eigenvalue weighted by molar-refractivity contribution is 0.0522. The van der Waals surface area contributed by atoms with Crippen LogP contribution in [0.4, 0.5) is 19.6 Å². The topological polar surface area (TPSA) is 135 Å². The highest BCUT2D eigenvalue weighted by molar-refractivity contribution is 7.23. The predicted octanol–water partition coefficient (Wildman–Crippen LogP) is 4.03. The molecule has 3 unspecified atom stereocenters. The number of hydrogen-bond acceptors (Lipinski definition) is 11. The number of nitriles is 1. The lowest BCUT2D eigenvalue weighted by Gasteiger charge is -2.46. The summed E-state index contributed by atoms with van der Waals surface area (Å²) in [6, 6.07) is 4.12. The standard InChI is InChI=1S/C32H36F2N8O3S/c1-4-9-40(3)13-16(2)45-32-38-26-24(30(39-32)41-18-11-37-12-19(41)15-44-14-18)31(43)42(17-5-6-17)27(25(26)34)20-7-8-22(33)28-23(20)21(10-35)29(36)46-28/h7-8,16-19,37H,4-6,9,11-15,36H2,1-3H3. The molecule has 3 aliphatic rings. The predicted molar refractivity (Wildman–Crippen MR) is 174 cm³/mol. The average Bonchev–Trinajstić information content (AvgIpc) is 3.79. The zero-order valence-electron chi connectivity index (χ0n) is 26.0. The van der Waals surface area contributed by atoms with Crippen LogP contribution in [-0.2, 0) is 4.74 Å². The van der Waals surface area contributed by atoms with Crippen molar-refractivity contribution in [2.24, 2.45) is 0 Å². The number of nitrogens with zero attached hydrogens (tertiary/aromatic N) is 6. The summed E-state index contributed by atoms with van der Waals surface area (Å²) in [4.78, 5) is 28.3. The molecule has 7 rings (SSSR count). The Morgan fingerprint density at radius 2 is 1.96 bits per heavy atom. The first kappa shape index (κ1) is 30.7. The molecule has 2 aliphatic heterocycles. The first-order valence-corrected chi connectivity index (χ1v) is 16.5. The zero-order chi connectivity index (χ0) is 32.3. The Bertz CT molecular complexity index is 1920. The van der Waals surface area contributed by atoms with Gasteiger partial charge in [-0.3, -0.25) is 4.79 Å². The van der Waals surface area contributed by atoms with E-state index >= 15 is 8.78 Å². The number of fused-ring (bicyclic) bond motifs is 4. The number of rotatable bonds is 9. The molecule has 2 bridgehead atoms. The van der Waals surface area contributed by atoms with Crippen LogP contribution >= 0.6 is 11.3 Å². The molecule has 0 spiro atoms. The molecule has 11 nitrogen and oxygen atoms in total. The summed E-state index contributed by atoms with van der Waals surface area (Å²) in [6.07, 6.45) is 2.00. The summed E-state index contributed by atoms with van der Waals surface area (Å²) in [7, 11) is 2.00. The van der Waals surface area contributed by atoms with E-state index in [1.165, 1.54) is 16.7 Å². The van der Waals surface area contributed by atoms with E-state index in [2.05, 4.69) is 33.1 Å². The molecule has 3 aromatic heterocycles. The Morgan fingerprint density at radius 3 is 2.63 bits per heavy atom. The number of halogens is 2. The van der Waals surface area contributed by atoms with E-state index in [1.54, 1.807) is 0 Å². The highest BCUT2D eigenvalue weighted by Gasteiger charge is 2.40. The monoisotopic (exact) mass is 650 g/mol. The number of nitrogens with one attached hydrogen (secondary N) is 1. The quantitative estimate of drug-likeness (QED) is 0.274. The summed E-state index contributed by atoms with van der Waals surface area (Å²) in [5, 5.41) is 13.8. The third-order valence-corrected chi connectivity index (χ3v) is 9.98. The molecule has 3 N–H and O–H groups in total. The number of benzene rings is 1. The highest BCUT2D eigenvalue weighted by atomic mass is 32.1. The van der Waals surface area contributed by atoms with Crippen molar-refractivity contribution in [3.8, 4) is 23.3 Å². The molecule has 5 heterocycles. The number of ether oxygens (including phenoxy) is 2. The number of thiophene rings is 1. The van der Waals surface area contributed by atoms with Crippen molar-refractivity contribution < 1.29 is 18.3 Å². The molecule has 14 heteroatoms. The molecule has 242 valence electrons. The van der Waals surface area contributed by atoms with Gasteiger partial charge in [-0.15, -0.1) is 11.3 Å². The molecule has 0 radical (unpaired) electrons. The fraction of sp³-hybridized carbons (Fsp3) is 0.500. The molecule has 46 heavy (non-hydrogen) atoms. The van der Waals surface area contributed by atoms with Crippen molar-refractivity contribution in [3.63, 3.8) is 0 Å². The van der Waals surface area contributed by atoms with Crippen LogP contribution in [0.15, 0.2) is 16.9 Å². The fourth-order valence-corrected chi connectivity index (χ4v) is 7.85. The maximum absolute atomic E-state index is 17.3. The lowest BCUT2D eigenvalue weighted by Crippen LogP contribution is -2.64. The number of nitrogens with two attached hydrogens (primary N) is 1. The fourth-order valence-electron chi connectivity index (χ4n) is 6.90. The number of hydrogen-bond donors (Lipinski definition) is 2. The number of pyridine rings is 1. The third-order valence-electron chi connectivity index (χ3n) is 8.95. The zero-order valence-corrected chi connectivity index (χ0v) is 26.8. The highest BCUT2D eigenvalue weighted by Crippen LogP contribution is 2.46. The van der Waals surface area contributed by atoms with Crippen LogP contribution in [-0.4, -0.2) is 84.1 Å². The van der Waals surface area contributed by atoms with Crippen LogP contribution < -0.4 is 26.2 Å². The van der Waals surface area contributed by atoms with E-state index in [9.17, 15) is 10.1 Å². The van der Waals surface area contributed by atoms with Gasteiger partial charge in [0.05, 0.1) is 41.3 Å². The molecule has 1 aromatic carbocycles. The smallest absolute Gasteiger partial charge is 0.319 e. The maximum Gasteiger partial charge on any atom is 0.319 e. The van der Waals surface area contributed by atoms with E-state index in [4.69, 9.17) is 20.2 Å². The van der Waals surface area contributed by atoms with E-state index in [0.29, 0.717) is 51.5 Å². The van der Waals surface area contributed by atoms with Crippen molar-refractivity contribution in [2.45, 2.75) is 57.3 Å². The average molecular weight is 651 g/mol. The Hall–Kier alpha value is -3.90. The van der Waals surface area contributed by atoms with Crippen molar-refractivity contribution in [3.05, 3.63) is 39.7 Å². The number of piperazine rings is 1. The second-order valence-electron chi connectivity index (χ2n) is 12.5. The number of nitrogen functional groups attached to an aromatic ring is 1. The maximum atomic E-state index is 17.3. The Balaban J connectivity index is 1.50. The number of aromatic nitrogens is 3. The number of anilines is 2. The molecule has 4 aromatic rings. The van der Waals surface area contributed by atoms with Gasteiger partial charge in [-0.25, -0.2) is 8.78 Å². The minimum Gasteiger partial charge on any atom is -0.459 e. The Morgan fingerprint density at radius 1 is 1.22 bits per heavy atom. The summed E-state index contributed by atoms with van der Waals surface area (Å²) < 4.78 is 46.0. The van der Waals surface area contributed by atoms with E-state index in [0.717, 1.165) is 24.3 Å². The largest absolute Gasteiger partial charge is 0.459 e. The van der Waals surface area contributed by atoms with Crippen LogP contribution in [0.2, 0.25) is 0 Å². The first-order valence-electron chi connectivity index (χ1n) is 15.7. The Labute approximate surface area is 268 Å². The molecule has 0 amide bonds. The van der Waals surface area contributed by atoms with Crippen LogP contribution in [0.3, 0.4) is 0 Å². The summed E-state index contributed by atoms with van der Waals surface area (Å²) in [6.45, 7) is 7.54. The van der Waals surface area contributed by atoms with Crippen molar-refractivity contribution >= 4 is 43.1 Å².